The van der Waals surface area contributed by atoms with E-state index in [-0.39, 0.29) is 12.1 Å². The molecular weight excluding hydrogens is 292 g/mol. The van der Waals surface area contributed by atoms with Gasteiger partial charge in [-0.1, -0.05) is 12.1 Å². The Hall–Kier alpha value is -2.34. The molecule has 6 nitrogen and oxygen atoms in total. The lowest BCUT2D eigenvalue weighted by atomic mass is 10.2. The van der Waals surface area contributed by atoms with E-state index in [2.05, 4.69) is 10.3 Å². The van der Waals surface area contributed by atoms with E-state index in [0.717, 1.165) is 11.4 Å². The highest BCUT2D eigenvalue weighted by Crippen LogP contribution is 2.21. The number of rotatable bonds is 5. The number of benzene rings is 1. The monoisotopic (exact) mass is 316 g/mol. The predicted molar refractivity (Wildman–Crippen MR) is 91.2 cm³/mol. The summed E-state index contributed by atoms with van der Waals surface area (Å²) in [6.07, 6.45) is 3.05. The molecule has 124 valence electrons. The van der Waals surface area contributed by atoms with Crippen molar-refractivity contribution in [3.63, 3.8) is 0 Å². The number of carbonyl (C=O) groups excluding carboxylic acids is 1. The van der Waals surface area contributed by atoms with Gasteiger partial charge in [-0.25, -0.2) is 9.78 Å². The van der Waals surface area contributed by atoms with Crippen molar-refractivity contribution in [3.05, 3.63) is 36.7 Å². The summed E-state index contributed by atoms with van der Waals surface area (Å²) in [4.78, 5) is 18.4. The average molecular weight is 316 g/mol. The maximum atomic E-state index is 12.4. The Morgan fingerprint density at radius 3 is 2.70 bits per heavy atom. The van der Waals surface area contributed by atoms with Gasteiger partial charge < -0.3 is 19.9 Å². The zero-order valence-electron chi connectivity index (χ0n) is 14.0. The van der Waals surface area contributed by atoms with E-state index >= 15 is 0 Å². The highest BCUT2D eigenvalue weighted by atomic mass is 16.3. The summed E-state index contributed by atoms with van der Waals surface area (Å²) >= 11 is 0. The second-order valence-corrected chi connectivity index (χ2v) is 5.97. The van der Waals surface area contributed by atoms with Crippen LogP contribution in [0.15, 0.2) is 36.7 Å². The first-order valence-corrected chi connectivity index (χ1v) is 7.72. The Bertz CT molecular complexity index is 664. The number of anilines is 1. The summed E-state index contributed by atoms with van der Waals surface area (Å²) in [6.45, 7) is 5.81. The second kappa shape index (κ2) is 7.28. The van der Waals surface area contributed by atoms with Crippen LogP contribution in [0.3, 0.4) is 0 Å². The Kier molecular flexibility index (Phi) is 5.39. The van der Waals surface area contributed by atoms with Gasteiger partial charge in [0.25, 0.3) is 0 Å². The number of urea groups is 1. The van der Waals surface area contributed by atoms with E-state index < -0.39 is 6.10 Å². The highest BCUT2D eigenvalue weighted by molar-refractivity contribution is 5.90. The predicted octanol–water partition coefficient (Wildman–Crippen LogP) is 2.71. The number of hydrogen-bond donors (Lipinski definition) is 2. The molecule has 1 unspecified atom stereocenters. The minimum atomic E-state index is -0.568. The van der Waals surface area contributed by atoms with Crippen LogP contribution in [0, 0.1) is 0 Å². The Morgan fingerprint density at radius 2 is 2.13 bits per heavy atom. The Labute approximate surface area is 136 Å². The Balaban J connectivity index is 2.16. The quantitative estimate of drug-likeness (QED) is 0.891. The molecule has 1 atom stereocenters. The molecule has 2 aromatic rings. The van der Waals surface area contributed by atoms with Crippen LogP contribution in [-0.2, 0) is 7.05 Å². The first kappa shape index (κ1) is 17.0. The molecule has 1 aromatic heterocycles. The molecular formula is C17H24N4O2. The molecule has 23 heavy (non-hydrogen) atoms. The number of aliphatic hydroxyl groups excluding tert-OH is 1. The third kappa shape index (κ3) is 4.32. The molecule has 0 saturated carbocycles. The molecule has 2 amide bonds. The van der Waals surface area contributed by atoms with Crippen LogP contribution in [0.25, 0.3) is 11.4 Å². The lowest BCUT2D eigenvalue weighted by Crippen LogP contribution is -2.43. The van der Waals surface area contributed by atoms with Gasteiger partial charge in [0.2, 0.25) is 0 Å². The minimum absolute atomic E-state index is 0.00215. The number of aliphatic hydroxyl groups is 1. The summed E-state index contributed by atoms with van der Waals surface area (Å²) in [5, 5.41) is 12.4. The zero-order valence-corrected chi connectivity index (χ0v) is 14.0. The lowest BCUT2D eigenvalue weighted by molar-refractivity contribution is 0.125. The first-order valence-electron chi connectivity index (χ1n) is 7.72. The molecule has 1 aromatic carbocycles. The second-order valence-electron chi connectivity index (χ2n) is 5.97. The number of nitrogens with one attached hydrogen (secondary N) is 1. The van der Waals surface area contributed by atoms with Crippen LogP contribution in [-0.4, -0.2) is 44.3 Å². The standard InChI is InChI=1S/C17H24N4O2/c1-12(2)21(11-13(3)22)17(23)19-15-7-5-6-14(10-15)16-18-8-9-20(16)4/h5-10,12-13,22H,11H2,1-4H3,(H,19,23). The van der Waals surface area contributed by atoms with Crippen LogP contribution in [0.1, 0.15) is 20.8 Å². The summed E-state index contributed by atoms with van der Waals surface area (Å²) < 4.78 is 1.93. The number of amides is 2. The van der Waals surface area contributed by atoms with Gasteiger partial charge in [-0.2, -0.15) is 0 Å². The van der Waals surface area contributed by atoms with E-state index in [1.807, 2.05) is 55.9 Å². The van der Waals surface area contributed by atoms with Crippen LogP contribution < -0.4 is 5.32 Å². The van der Waals surface area contributed by atoms with Gasteiger partial charge in [-0.05, 0) is 32.9 Å². The lowest BCUT2D eigenvalue weighted by Gasteiger charge is -2.28. The largest absolute Gasteiger partial charge is 0.392 e. The third-order valence-corrected chi connectivity index (χ3v) is 3.54. The number of carbonyl (C=O) groups is 1. The molecule has 2 rings (SSSR count). The SMILES string of the molecule is CC(O)CN(C(=O)Nc1cccc(-c2nccn2C)c1)C(C)C. The summed E-state index contributed by atoms with van der Waals surface area (Å²) in [7, 11) is 1.93. The fourth-order valence-corrected chi connectivity index (χ4v) is 2.39. The van der Waals surface area contributed by atoms with Crippen LogP contribution in [0.4, 0.5) is 10.5 Å². The van der Waals surface area contributed by atoms with Crippen LogP contribution >= 0.6 is 0 Å². The number of imidazole rings is 1. The van der Waals surface area contributed by atoms with Gasteiger partial charge in [-0.15, -0.1) is 0 Å². The van der Waals surface area contributed by atoms with Crippen molar-refractivity contribution in [1.82, 2.24) is 14.5 Å². The van der Waals surface area contributed by atoms with E-state index in [1.165, 1.54) is 0 Å². The number of aryl methyl sites for hydroxylation is 1. The maximum Gasteiger partial charge on any atom is 0.322 e. The molecule has 0 aliphatic heterocycles. The van der Waals surface area contributed by atoms with E-state index in [1.54, 1.807) is 18.0 Å². The van der Waals surface area contributed by atoms with E-state index in [0.29, 0.717) is 12.2 Å². The van der Waals surface area contributed by atoms with Crippen LogP contribution in [0.2, 0.25) is 0 Å². The van der Waals surface area contributed by atoms with Crippen molar-refractivity contribution >= 4 is 11.7 Å². The molecule has 0 aliphatic carbocycles. The smallest absolute Gasteiger partial charge is 0.322 e. The van der Waals surface area contributed by atoms with Gasteiger partial charge in [-0.3, -0.25) is 0 Å². The summed E-state index contributed by atoms with van der Waals surface area (Å²) in [5.74, 6) is 0.839. The molecule has 0 bridgehead atoms. The zero-order chi connectivity index (χ0) is 17.0. The fourth-order valence-electron chi connectivity index (χ4n) is 2.39. The van der Waals surface area contributed by atoms with Gasteiger partial charge in [0.1, 0.15) is 5.82 Å². The molecule has 1 heterocycles. The first-order chi connectivity index (χ1) is 10.9. The number of aromatic nitrogens is 2. The molecule has 0 saturated heterocycles. The average Bonchev–Trinajstić information content (AvgIpc) is 2.90. The van der Waals surface area contributed by atoms with Crippen molar-refractivity contribution in [2.75, 3.05) is 11.9 Å². The van der Waals surface area contributed by atoms with Crippen LogP contribution in [0.5, 0.6) is 0 Å². The highest BCUT2D eigenvalue weighted by Gasteiger charge is 2.19. The molecule has 0 fully saturated rings. The third-order valence-electron chi connectivity index (χ3n) is 3.54. The molecule has 0 radical (unpaired) electrons. The maximum absolute atomic E-state index is 12.4. The minimum Gasteiger partial charge on any atom is -0.392 e. The summed E-state index contributed by atoms with van der Waals surface area (Å²) in [6, 6.07) is 7.34. The van der Waals surface area contributed by atoms with Gasteiger partial charge in [0.15, 0.2) is 0 Å². The topological polar surface area (TPSA) is 70.4 Å². The summed E-state index contributed by atoms with van der Waals surface area (Å²) in [5.41, 5.74) is 1.63. The fraction of sp³-hybridized carbons (Fsp3) is 0.412. The van der Waals surface area contributed by atoms with Crippen molar-refractivity contribution in [2.45, 2.75) is 32.9 Å². The van der Waals surface area contributed by atoms with Crippen molar-refractivity contribution in [2.24, 2.45) is 7.05 Å². The Morgan fingerprint density at radius 1 is 1.39 bits per heavy atom. The molecule has 0 aliphatic rings. The van der Waals surface area contributed by atoms with E-state index in [9.17, 15) is 9.90 Å². The van der Waals surface area contributed by atoms with Gasteiger partial charge in [0, 0.05) is 43.3 Å². The molecule has 0 spiro atoms. The van der Waals surface area contributed by atoms with Crippen molar-refractivity contribution in [3.8, 4) is 11.4 Å². The van der Waals surface area contributed by atoms with E-state index in [4.69, 9.17) is 0 Å². The number of hydrogen-bond acceptors (Lipinski definition) is 3. The van der Waals surface area contributed by atoms with Gasteiger partial charge >= 0.3 is 6.03 Å². The molecule has 6 heteroatoms. The van der Waals surface area contributed by atoms with Crippen molar-refractivity contribution in [1.29, 1.82) is 0 Å². The van der Waals surface area contributed by atoms with Crippen molar-refractivity contribution < 1.29 is 9.90 Å². The normalized spacial score (nSPS) is 12.3. The number of nitrogens with zero attached hydrogens (tertiary/aromatic N) is 3. The molecule has 2 N–H and O–H groups in total. The van der Waals surface area contributed by atoms with Gasteiger partial charge in [0.05, 0.1) is 6.10 Å².